The van der Waals surface area contributed by atoms with Gasteiger partial charge in [-0.15, -0.1) is 0 Å². The minimum atomic E-state index is 0.595. The van der Waals surface area contributed by atoms with Crippen LogP contribution in [0.5, 0.6) is 0 Å². The van der Waals surface area contributed by atoms with Gasteiger partial charge in [-0.2, -0.15) is 0 Å². The zero-order chi connectivity index (χ0) is 22.9. The number of nitrogens with one attached hydrogen (secondary N) is 1. The molecule has 2 aliphatic rings. The lowest BCUT2D eigenvalue weighted by Crippen LogP contribution is -2.44. The van der Waals surface area contributed by atoms with Crippen LogP contribution in [0.2, 0.25) is 0 Å². The van der Waals surface area contributed by atoms with E-state index in [0.717, 1.165) is 37.5 Å². The minimum absolute atomic E-state index is 0.595. The van der Waals surface area contributed by atoms with Crippen molar-refractivity contribution < 1.29 is 0 Å². The van der Waals surface area contributed by atoms with Gasteiger partial charge in [0.25, 0.3) is 0 Å². The second kappa shape index (κ2) is 9.47. The highest BCUT2D eigenvalue weighted by molar-refractivity contribution is 7.80. The molecule has 0 spiro atoms. The molecule has 4 nitrogen and oxygen atoms in total. The van der Waals surface area contributed by atoms with Crippen molar-refractivity contribution in [3.8, 4) is 0 Å². The van der Waals surface area contributed by atoms with Crippen LogP contribution < -0.4 is 5.43 Å². The second-order valence-corrected chi connectivity index (χ2v) is 9.96. The predicted octanol–water partition coefficient (Wildman–Crippen LogP) is 5.33. The first-order chi connectivity index (χ1) is 16.1. The molecule has 1 aromatic heterocycles. The Kier molecular flexibility index (Phi) is 6.44. The number of fused-ring (bicyclic) bond motifs is 2. The molecule has 0 amide bonds. The molecule has 5 heteroatoms. The van der Waals surface area contributed by atoms with Crippen LogP contribution in [-0.2, 0) is 19.3 Å². The fraction of sp³-hybridized carbons (Fsp3) is 0.464. The third-order valence-electron chi connectivity index (χ3n) is 7.86. The van der Waals surface area contributed by atoms with Gasteiger partial charge in [0.05, 0.1) is 5.52 Å². The number of likely N-dealkylation sites (tertiary alicyclic amines) is 1. The van der Waals surface area contributed by atoms with Crippen molar-refractivity contribution in [3.63, 3.8) is 0 Å². The van der Waals surface area contributed by atoms with Gasteiger partial charge < -0.3 is 9.80 Å². The third-order valence-corrected chi connectivity index (χ3v) is 8.21. The Morgan fingerprint density at radius 3 is 2.61 bits per heavy atom. The van der Waals surface area contributed by atoms with Crippen molar-refractivity contribution in [2.75, 3.05) is 32.1 Å². The van der Waals surface area contributed by atoms with Crippen LogP contribution in [0, 0.1) is 0 Å². The summed E-state index contributed by atoms with van der Waals surface area (Å²) >= 11 is 5.86. The number of hydrogen-bond donors (Lipinski definition) is 1. The highest BCUT2D eigenvalue weighted by Gasteiger charge is 2.38. The van der Waals surface area contributed by atoms with E-state index in [2.05, 4.69) is 89.3 Å². The van der Waals surface area contributed by atoms with Gasteiger partial charge in [-0.25, -0.2) is 0 Å². The number of likely N-dealkylation sites (N-methyl/N-ethyl adjacent to an activating group) is 1. The molecule has 3 aromatic rings. The fourth-order valence-corrected chi connectivity index (χ4v) is 6.45. The zero-order valence-corrected chi connectivity index (χ0v) is 21.0. The summed E-state index contributed by atoms with van der Waals surface area (Å²) in [4.78, 5) is 4.82. The molecule has 1 aliphatic carbocycles. The second-order valence-electron chi connectivity index (χ2n) is 9.58. The number of hydrogen-bond acceptors (Lipinski definition) is 2. The van der Waals surface area contributed by atoms with Gasteiger partial charge in [-0.3, -0.25) is 10.1 Å². The Balaban J connectivity index is 1.61. The van der Waals surface area contributed by atoms with Gasteiger partial charge in [-0.05, 0) is 94.5 Å². The summed E-state index contributed by atoms with van der Waals surface area (Å²) < 4.78 is 2.33. The fourth-order valence-electron chi connectivity index (χ4n) is 6.10. The number of aromatic nitrogens is 1. The van der Waals surface area contributed by atoms with Crippen LogP contribution in [0.4, 0.5) is 0 Å². The Morgan fingerprint density at radius 2 is 1.85 bits per heavy atom. The standard InChI is InChI=1S/C28H36N4S/c1-4-31(5-2)28(33)29-32-24(17-16-20-11-7-6-8-12-20)23-19-26-21(14-10-18-30(26)3)22-13-9-15-25(32)27(22)23/h6-9,11-13,15,21,26H,4-5,10,14,16-19H2,1-3H3,(H,29,33)/t21-,26-/m1/s1. The van der Waals surface area contributed by atoms with Gasteiger partial charge in [0, 0.05) is 36.1 Å². The average molecular weight is 461 g/mol. The van der Waals surface area contributed by atoms with Crippen molar-refractivity contribution >= 4 is 28.2 Å². The zero-order valence-electron chi connectivity index (χ0n) is 20.2. The minimum Gasteiger partial charge on any atom is -0.348 e. The van der Waals surface area contributed by atoms with Gasteiger partial charge in [0.2, 0.25) is 0 Å². The topological polar surface area (TPSA) is 23.4 Å². The Bertz CT molecular complexity index is 1130. The molecule has 2 heterocycles. The summed E-state index contributed by atoms with van der Waals surface area (Å²) in [6, 6.07) is 18.4. The number of nitrogens with zero attached hydrogens (tertiary/aromatic N) is 3. The van der Waals surface area contributed by atoms with E-state index in [9.17, 15) is 0 Å². The number of benzene rings is 2. The van der Waals surface area contributed by atoms with Gasteiger partial charge in [0.1, 0.15) is 0 Å². The number of thiocarbonyl (C=S) groups is 1. The van der Waals surface area contributed by atoms with Gasteiger partial charge in [0.15, 0.2) is 5.11 Å². The smallest absolute Gasteiger partial charge is 0.188 e. The maximum absolute atomic E-state index is 5.86. The quantitative estimate of drug-likeness (QED) is 0.502. The predicted molar refractivity (Wildman–Crippen MR) is 143 cm³/mol. The summed E-state index contributed by atoms with van der Waals surface area (Å²) in [5, 5.41) is 2.29. The van der Waals surface area contributed by atoms with E-state index >= 15 is 0 Å². The van der Waals surface area contributed by atoms with Gasteiger partial charge >= 0.3 is 0 Å². The van der Waals surface area contributed by atoms with E-state index < -0.39 is 0 Å². The van der Waals surface area contributed by atoms with Crippen molar-refractivity contribution in [3.05, 3.63) is 70.9 Å². The SMILES string of the molecule is CCN(CC)C(=S)Nn1c(CCc2ccccc2)c2c3c(cccc31)[C@H]1CCCN(C)[C@@H]1C2. The molecule has 33 heavy (non-hydrogen) atoms. The van der Waals surface area contributed by atoms with E-state index in [4.69, 9.17) is 12.2 Å². The average Bonchev–Trinajstić information content (AvgIpc) is 3.13. The molecule has 0 bridgehead atoms. The van der Waals surface area contributed by atoms with E-state index in [0.29, 0.717) is 12.0 Å². The highest BCUT2D eigenvalue weighted by atomic mass is 32.1. The largest absolute Gasteiger partial charge is 0.348 e. The van der Waals surface area contributed by atoms with E-state index in [1.165, 1.54) is 47.1 Å². The molecule has 1 saturated heterocycles. The van der Waals surface area contributed by atoms with Gasteiger partial charge in [-0.1, -0.05) is 42.5 Å². The first kappa shape index (κ1) is 22.4. The lowest BCUT2D eigenvalue weighted by Gasteiger charge is -2.42. The molecule has 1 aliphatic heterocycles. The molecule has 1 fully saturated rings. The molecule has 5 rings (SSSR count). The maximum atomic E-state index is 5.86. The number of aryl methyl sites for hydroxylation is 1. The van der Waals surface area contributed by atoms with Crippen molar-refractivity contribution in [2.24, 2.45) is 0 Å². The highest BCUT2D eigenvalue weighted by Crippen LogP contribution is 2.45. The monoisotopic (exact) mass is 460 g/mol. The first-order valence-electron chi connectivity index (χ1n) is 12.6. The maximum Gasteiger partial charge on any atom is 0.188 e. The van der Waals surface area contributed by atoms with Crippen LogP contribution in [-0.4, -0.2) is 52.3 Å². The normalized spacial score (nSPS) is 20.0. The molecule has 174 valence electrons. The molecular formula is C28H36N4S. The van der Waals surface area contributed by atoms with Crippen LogP contribution in [0.1, 0.15) is 55.0 Å². The lowest BCUT2D eigenvalue weighted by atomic mass is 9.74. The van der Waals surface area contributed by atoms with Crippen LogP contribution >= 0.6 is 12.2 Å². The first-order valence-corrected chi connectivity index (χ1v) is 13.0. The molecule has 2 aromatic carbocycles. The summed E-state index contributed by atoms with van der Waals surface area (Å²) in [7, 11) is 2.32. The van der Waals surface area contributed by atoms with Crippen LogP contribution in [0.3, 0.4) is 0 Å². The summed E-state index contributed by atoms with van der Waals surface area (Å²) in [6.07, 6.45) is 5.75. The van der Waals surface area contributed by atoms with Crippen LogP contribution in [0.15, 0.2) is 48.5 Å². The molecule has 0 radical (unpaired) electrons. The van der Waals surface area contributed by atoms with Crippen molar-refractivity contribution in [1.29, 1.82) is 0 Å². The van der Waals surface area contributed by atoms with Crippen molar-refractivity contribution in [2.45, 2.75) is 57.9 Å². The Hall–Kier alpha value is -2.37. The summed E-state index contributed by atoms with van der Waals surface area (Å²) in [5.74, 6) is 0.632. The lowest BCUT2D eigenvalue weighted by molar-refractivity contribution is 0.157. The van der Waals surface area contributed by atoms with E-state index in [1.54, 1.807) is 5.56 Å². The van der Waals surface area contributed by atoms with E-state index in [1.807, 2.05) is 0 Å². The molecular weight excluding hydrogens is 424 g/mol. The molecule has 2 atom stereocenters. The van der Waals surface area contributed by atoms with Crippen molar-refractivity contribution in [1.82, 2.24) is 14.5 Å². The number of rotatable bonds is 6. The molecule has 0 unspecified atom stereocenters. The van der Waals surface area contributed by atoms with Crippen LogP contribution in [0.25, 0.3) is 10.9 Å². The van der Waals surface area contributed by atoms with E-state index in [-0.39, 0.29) is 0 Å². The summed E-state index contributed by atoms with van der Waals surface area (Å²) in [6.45, 7) is 7.36. The molecule has 0 saturated carbocycles. The Labute approximate surface area is 203 Å². The third kappa shape index (κ3) is 4.06. The molecule has 1 N–H and O–H groups in total. The number of piperidine rings is 1. The summed E-state index contributed by atoms with van der Waals surface area (Å²) in [5.41, 5.74) is 10.8. The Morgan fingerprint density at radius 1 is 1.06 bits per heavy atom.